The molecule has 744 valence electrons. The number of phenols is 1. The zero-order valence-electron chi connectivity index (χ0n) is 82.4. The van der Waals surface area contributed by atoms with Gasteiger partial charge in [-0.1, -0.05) is 185 Å². The summed E-state index contributed by atoms with van der Waals surface area (Å²) < 4.78 is 29.2. The minimum Gasteiger partial charge on any atom is -0.508 e. The van der Waals surface area contributed by atoms with Crippen molar-refractivity contribution in [3.05, 3.63) is 166 Å². The monoisotopic (exact) mass is 1960 g/mol. The van der Waals surface area contributed by atoms with E-state index in [2.05, 4.69) is 31.9 Å². The number of ether oxygens (including phenoxy) is 5. The summed E-state index contributed by atoms with van der Waals surface area (Å²) in [6, 6.07) is 13.9. The fourth-order valence-electron chi connectivity index (χ4n) is 13.5. The van der Waals surface area contributed by atoms with E-state index in [1.54, 1.807) is 101 Å². The fraction of sp³-hybridized carbons (Fsp3) is 0.535. The van der Waals surface area contributed by atoms with Gasteiger partial charge in [0.15, 0.2) is 12.2 Å². The van der Waals surface area contributed by atoms with Gasteiger partial charge in [-0.15, -0.1) is 0 Å². The standard InChI is InChI=1S/C51H71N5O10.C44H65N5O10.2C2H4O2.Pd/c1-13-32(5)44-47(59)53-37(10)51(63)66-45(33(6)14-2)34(7)19-18-20-35(8)50(62)65-42(27-31(3)4)46(58)52-36(9)48(60)56(12)41(49(61)55(11)29-43(57)54-44)28-38-23-25-40(26-24-38)64-30-39-21-16-15-17-22-39;1-13-26(5)37-40(53)46-31(10)44(57)59-38(27(6)14-2)28(7)16-15-17-29(8)43(56)58-35(22-25(3)4)39(52)45-30(9)41(54)49(12)34(23-32-18-20-33(50)21-19-32)42(55)48(11)24-36(51)47-37;2*1-2(3)4;/h14-26,31-32,34,36-37,41-42,44-45H,13,27-30H2,1-12H3,(H,52,58)(H,53,59)(H,54,57);14-21,25-26,28,30-31,34-35,37-38,50H,13,22-24H2,1-12H3,(H,45,52)(H,46,53)(H,47,51);2*1H3,(H,3,4);/b19-18+,33-14+,35-20+;16-15+,27-14+,29-17+;;;/t32?,34-,36-,37+,41+,42+,44-,45+;26?,28-,30-,31+,34+,35+,37-,38+;;;/m00.../s1. The molecule has 0 saturated heterocycles. The van der Waals surface area contributed by atoms with Gasteiger partial charge in [-0.05, 0) is 158 Å². The van der Waals surface area contributed by atoms with Crippen LogP contribution in [0.2, 0.25) is 0 Å². The molecule has 2 aliphatic heterocycles. The fourth-order valence-corrected chi connectivity index (χ4v) is 13.5. The molecule has 0 aromatic heterocycles. The molecule has 2 unspecified atom stereocenters. The first-order chi connectivity index (χ1) is 62.2. The first-order valence-corrected chi connectivity index (χ1v) is 44.8. The number of hydrogen-bond donors (Lipinski definition) is 9. The first-order valence-electron chi connectivity index (χ1n) is 44.8. The number of phenolic OH excluding ortho intramolecular Hbond substituents is 1. The van der Waals surface area contributed by atoms with Crippen LogP contribution in [0.15, 0.2) is 150 Å². The van der Waals surface area contributed by atoms with Crippen molar-refractivity contribution in [1.29, 1.82) is 0 Å². The molecule has 0 bridgehead atoms. The van der Waals surface area contributed by atoms with Crippen LogP contribution in [0.25, 0.3) is 0 Å². The van der Waals surface area contributed by atoms with Crippen LogP contribution in [0, 0.1) is 35.5 Å². The smallest absolute Gasteiger partial charge is 0.334 e. The maximum atomic E-state index is 14.4. The van der Waals surface area contributed by atoms with Gasteiger partial charge >= 0.3 is 23.9 Å². The van der Waals surface area contributed by atoms with Crippen molar-refractivity contribution in [2.45, 2.75) is 270 Å². The molecule has 134 heavy (non-hydrogen) atoms. The molecule has 0 fully saturated rings. The number of carbonyl (C=O) groups excluding carboxylic acids is 14. The summed E-state index contributed by atoms with van der Waals surface area (Å²) in [5, 5.41) is 40.9. The van der Waals surface area contributed by atoms with Crippen molar-refractivity contribution < 1.29 is 136 Å². The summed E-state index contributed by atoms with van der Waals surface area (Å²) in [6.45, 7) is 36.2. The van der Waals surface area contributed by atoms with Gasteiger partial charge in [-0.25, -0.2) is 19.2 Å². The summed E-state index contributed by atoms with van der Waals surface area (Å²) in [5.74, 6) is -11.9. The van der Waals surface area contributed by atoms with Crippen molar-refractivity contribution in [3.63, 3.8) is 0 Å². The Hall–Kier alpha value is -12.1. The van der Waals surface area contributed by atoms with E-state index < -0.39 is 181 Å². The summed E-state index contributed by atoms with van der Waals surface area (Å²) in [5.41, 5.74) is 4.15. The number of cyclic esters (lactones) is 4. The second-order valence-electron chi connectivity index (χ2n) is 34.6. The van der Waals surface area contributed by atoms with E-state index in [0.29, 0.717) is 36.3 Å². The third-order valence-corrected chi connectivity index (χ3v) is 22.1. The Bertz CT molecular complexity index is 4600. The number of rotatable bonds is 17. The summed E-state index contributed by atoms with van der Waals surface area (Å²) >= 11 is 0. The third-order valence-electron chi connectivity index (χ3n) is 22.1. The van der Waals surface area contributed by atoms with Crippen molar-refractivity contribution in [3.8, 4) is 11.5 Å². The van der Waals surface area contributed by atoms with E-state index >= 15 is 0 Å². The van der Waals surface area contributed by atoms with Gasteiger partial charge in [-0.3, -0.25) is 57.5 Å². The number of aromatic hydroxyl groups is 1. The average molecular weight is 1960 g/mol. The van der Waals surface area contributed by atoms with Crippen LogP contribution in [0.5, 0.6) is 11.5 Å². The van der Waals surface area contributed by atoms with Gasteiger partial charge in [0.2, 0.25) is 47.3 Å². The molecule has 0 aliphatic carbocycles. The van der Waals surface area contributed by atoms with Crippen molar-refractivity contribution in [1.82, 2.24) is 51.5 Å². The van der Waals surface area contributed by atoms with Gasteiger partial charge in [0.05, 0.1) is 13.1 Å². The molecule has 5 rings (SSSR count). The van der Waals surface area contributed by atoms with Gasteiger partial charge < -0.3 is 90.5 Å². The first kappa shape index (κ1) is 120. The van der Waals surface area contributed by atoms with Crippen LogP contribution in [-0.2, 0) is 136 Å². The normalized spacial score (nSPS) is 25.4. The Morgan fingerprint density at radius 2 is 0.791 bits per heavy atom. The van der Waals surface area contributed by atoms with Gasteiger partial charge in [-0.2, -0.15) is 0 Å². The Morgan fingerprint density at radius 3 is 1.11 bits per heavy atom. The Kier molecular flexibility index (Phi) is 53.9. The molecular weight excluding hydrogens is 1820 g/mol. The topological polar surface area (TPSA) is 465 Å². The molecule has 0 spiro atoms. The van der Waals surface area contributed by atoms with Crippen LogP contribution >= 0.6 is 0 Å². The summed E-state index contributed by atoms with van der Waals surface area (Å²) in [7, 11) is 5.66. The van der Waals surface area contributed by atoms with E-state index in [0.717, 1.165) is 35.5 Å². The molecule has 3 aromatic carbocycles. The molecule has 3 aromatic rings. The van der Waals surface area contributed by atoms with Crippen LogP contribution in [-0.4, -0.2) is 244 Å². The number of allylic oxidation sites excluding steroid dienone is 6. The Balaban J connectivity index is 0.00000124. The maximum absolute atomic E-state index is 14.4. The SMILES string of the molecule is C/C=C(\C)[C@H]1OC(=O)[C@@H](C)NC(=O)[C@H](C(C)CC)NC(=O)CN(C)C(=O)[C@@H](Cc2ccc(O)cc2)N(C)C(=O)[C@H](C)NC(=O)[C@@H](CC(C)C)OC(=O)/C(C)=C/C=C/[C@@H]1C.C/C=C(\C)[C@H]1OC(=O)[C@@H](C)NC(=O)[C@H](C(C)CC)NC(=O)CN(C)C(=O)[C@@H](Cc2ccc(OCc3ccccc3)cc2)N(C)C(=O)[C@H](C)NC(=O)[C@@H](CC(C)C)OC(=O)/C(C)=C/C=C/[C@@H]1C.CC(=O)O.CC(=O)O.[Pd]. The van der Waals surface area contributed by atoms with Crippen LogP contribution in [0.4, 0.5) is 0 Å². The largest absolute Gasteiger partial charge is 0.508 e. The van der Waals surface area contributed by atoms with Gasteiger partial charge in [0.25, 0.3) is 23.8 Å². The minimum atomic E-state index is -1.24. The zero-order chi connectivity index (χ0) is 101. The van der Waals surface area contributed by atoms with Crippen molar-refractivity contribution in [2.24, 2.45) is 35.5 Å². The number of carboxylic acids is 2. The Morgan fingerprint density at radius 1 is 0.463 bits per heavy atom. The van der Waals surface area contributed by atoms with Crippen LogP contribution in [0.1, 0.15) is 195 Å². The van der Waals surface area contributed by atoms with Crippen molar-refractivity contribution >= 4 is 94.9 Å². The number of amides is 10. The number of nitrogens with zero attached hydrogens (tertiary/aromatic N) is 4. The van der Waals surface area contributed by atoms with Crippen LogP contribution < -0.4 is 36.6 Å². The van der Waals surface area contributed by atoms with Crippen molar-refractivity contribution in [2.75, 3.05) is 41.3 Å². The maximum Gasteiger partial charge on any atom is 0.334 e. The predicted molar refractivity (Wildman–Crippen MR) is 502 cm³/mol. The number of esters is 4. The number of nitrogens with one attached hydrogen (secondary N) is 6. The van der Waals surface area contributed by atoms with E-state index in [1.165, 1.54) is 102 Å². The molecule has 34 nitrogen and oxygen atoms in total. The van der Waals surface area contributed by atoms with Crippen LogP contribution in [0.3, 0.4) is 0 Å². The number of benzene rings is 3. The van der Waals surface area contributed by atoms with E-state index in [4.69, 9.17) is 43.5 Å². The quantitative estimate of drug-likeness (QED) is 0.0263. The second kappa shape index (κ2) is 60.2. The molecule has 9 N–H and O–H groups in total. The predicted octanol–water partition coefficient (Wildman–Crippen LogP) is 9.55. The molecule has 0 radical (unpaired) electrons. The zero-order valence-corrected chi connectivity index (χ0v) is 84.0. The van der Waals surface area contributed by atoms with E-state index in [9.17, 15) is 72.2 Å². The third kappa shape index (κ3) is 42.0. The summed E-state index contributed by atoms with van der Waals surface area (Å²) in [6.07, 6.45) is 10.9. The molecule has 35 heteroatoms. The molecule has 10 amide bonds. The molecule has 2 aliphatic rings. The average Bonchev–Trinajstić information content (AvgIpc) is 0.827. The molecule has 0 saturated carbocycles. The number of carboxylic acid groups (broad SMARTS) is 2. The second-order valence-corrected chi connectivity index (χ2v) is 34.6. The number of aliphatic carboxylic acids is 2. The number of likely N-dealkylation sites (N-methyl/N-ethyl adjacent to an activating group) is 4. The van der Waals surface area contributed by atoms with E-state index in [-0.39, 0.29) is 98.5 Å². The Labute approximate surface area is 803 Å². The van der Waals surface area contributed by atoms with Gasteiger partial charge in [0.1, 0.15) is 78.6 Å². The molecule has 2 heterocycles. The molecular formula is C99H144N10O24Pd. The minimum absolute atomic E-state index is 0. The number of carbonyl (C=O) groups is 16. The molecule has 16 atom stereocenters. The number of hydrogen-bond acceptors (Lipinski definition) is 22. The summed E-state index contributed by atoms with van der Waals surface area (Å²) in [4.78, 5) is 215. The van der Waals surface area contributed by atoms with E-state index in [1.807, 2.05) is 106 Å². The van der Waals surface area contributed by atoms with Gasteiger partial charge in [0, 0.05) is 98.3 Å².